The molecule has 0 radical (unpaired) electrons. The van der Waals surface area contributed by atoms with E-state index >= 15 is 0 Å². The van der Waals surface area contributed by atoms with Crippen molar-refractivity contribution < 1.29 is 14.1 Å². The fourth-order valence-corrected chi connectivity index (χ4v) is 2.53. The van der Waals surface area contributed by atoms with Crippen LogP contribution in [0.5, 0.6) is 5.75 Å². The summed E-state index contributed by atoms with van der Waals surface area (Å²) in [6.07, 6.45) is 1.48. The number of rotatable bonds is 8. The van der Waals surface area contributed by atoms with Crippen molar-refractivity contribution >= 4 is 5.91 Å². The number of ether oxygens (including phenoxy) is 1. The summed E-state index contributed by atoms with van der Waals surface area (Å²) in [6, 6.07) is 9.53. The third-order valence-electron chi connectivity index (χ3n) is 3.70. The molecule has 0 spiro atoms. The van der Waals surface area contributed by atoms with Crippen molar-refractivity contribution in [1.29, 1.82) is 0 Å². The highest BCUT2D eigenvalue weighted by Gasteiger charge is 2.17. The van der Waals surface area contributed by atoms with Crippen molar-refractivity contribution in [2.24, 2.45) is 5.92 Å². The van der Waals surface area contributed by atoms with Crippen LogP contribution in [0, 0.1) is 5.92 Å². The fraction of sp³-hybridized carbons (Fsp3) is 0.474. The molecule has 5 nitrogen and oxygen atoms in total. The number of aromatic nitrogens is 1. The molecule has 0 fully saturated rings. The van der Waals surface area contributed by atoms with Crippen molar-refractivity contribution in [1.82, 2.24) is 10.1 Å². The minimum Gasteiger partial charge on any atom is -0.497 e. The molecule has 0 saturated carbocycles. The average molecular weight is 330 g/mol. The third kappa shape index (κ3) is 4.85. The Labute approximate surface area is 143 Å². The van der Waals surface area contributed by atoms with Gasteiger partial charge in [-0.2, -0.15) is 0 Å². The predicted molar refractivity (Wildman–Crippen MR) is 93.7 cm³/mol. The van der Waals surface area contributed by atoms with Crippen LogP contribution >= 0.6 is 0 Å². The Hall–Kier alpha value is -2.30. The predicted octanol–water partition coefficient (Wildman–Crippen LogP) is 4.13. The first kappa shape index (κ1) is 18.0. The lowest BCUT2D eigenvalue weighted by Crippen LogP contribution is -2.32. The van der Waals surface area contributed by atoms with Gasteiger partial charge in [0.2, 0.25) is 5.91 Å². The van der Waals surface area contributed by atoms with Crippen LogP contribution < -0.4 is 4.74 Å². The van der Waals surface area contributed by atoms with Crippen molar-refractivity contribution in [2.45, 2.75) is 40.2 Å². The van der Waals surface area contributed by atoms with Gasteiger partial charge < -0.3 is 14.2 Å². The van der Waals surface area contributed by atoms with Crippen LogP contribution in [0.1, 0.15) is 39.3 Å². The average Bonchev–Trinajstić information content (AvgIpc) is 3.02. The number of benzene rings is 1. The Morgan fingerprint density at radius 3 is 2.79 bits per heavy atom. The molecule has 24 heavy (non-hydrogen) atoms. The summed E-state index contributed by atoms with van der Waals surface area (Å²) >= 11 is 0. The molecule has 0 aliphatic carbocycles. The van der Waals surface area contributed by atoms with Crippen LogP contribution in [0.15, 0.2) is 34.9 Å². The summed E-state index contributed by atoms with van der Waals surface area (Å²) < 4.78 is 10.7. The summed E-state index contributed by atoms with van der Waals surface area (Å²) in [6.45, 7) is 7.39. The Bertz CT molecular complexity index is 664. The van der Waals surface area contributed by atoms with Gasteiger partial charge in [-0.1, -0.05) is 38.1 Å². The SMILES string of the molecule is CCCN(Cc1cc(-c2cccc(OC)c2)on1)C(=O)CC(C)C. The maximum absolute atomic E-state index is 12.4. The second kappa shape index (κ2) is 8.52. The van der Waals surface area contributed by atoms with Crippen LogP contribution in [0.4, 0.5) is 0 Å². The Morgan fingerprint density at radius 1 is 1.33 bits per heavy atom. The molecule has 0 atom stereocenters. The molecule has 1 aromatic carbocycles. The van der Waals surface area contributed by atoms with Gasteiger partial charge in [0, 0.05) is 24.6 Å². The van der Waals surface area contributed by atoms with E-state index < -0.39 is 0 Å². The summed E-state index contributed by atoms with van der Waals surface area (Å²) in [4.78, 5) is 14.2. The first-order valence-electron chi connectivity index (χ1n) is 8.41. The van der Waals surface area contributed by atoms with E-state index in [0.717, 1.165) is 30.0 Å². The maximum atomic E-state index is 12.4. The molecule has 0 aliphatic heterocycles. The number of methoxy groups -OCH3 is 1. The van der Waals surface area contributed by atoms with Gasteiger partial charge in [0.25, 0.3) is 0 Å². The van der Waals surface area contributed by atoms with Crippen LogP contribution in [-0.2, 0) is 11.3 Å². The van der Waals surface area contributed by atoms with Gasteiger partial charge in [-0.05, 0) is 24.5 Å². The first-order chi connectivity index (χ1) is 11.5. The van der Waals surface area contributed by atoms with E-state index in [1.165, 1.54) is 0 Å². The Morgan fingerprint density at radius 2 is 2.12 bits per heavy atom. The van der Waals surface area contributed by atoms with Gasteiger partial charge in [0.05, 0.1) is 13.7 Å². The highest BCUT2D eigenvalue weighted by atomic mass is 16.5. The molecule has 2 rings (SSSR count). The number of carbonyl (C=O) groups excluding carboxylic acids is 1. The van der Waals surface area contributed by atoms with Gasteiger partial charge in [-0.3, -0.25) is 4.79 Å². The van der Waals surface area contributed by atoms with E-state index in [9.17, 15) is 4.79 Å². The quantitative estimate of drug-likeness (QED) is 0.730. The normalized spacial score (nSPS) is 10.9. The van der Waals surface area contributed by atoms with Gasteiger partial charge in [-0.15, -0.1) is 0 Å². The van der Waals surface area contributed by atoms with Crippen LogP contribution in [0.2, 0.25) is 0 Å². The van der Waals surface area contributed by atoms with E-state index in [1.807, 2.05) is 35.2 Å². The molecule has 1 amide bonds. The lowest BCUT2D eigenvalue weighted by atomic mass is 10.1. The molecule has 2 aromatic rings. The number of hydrogen-bond donors (Lipinski definition) is 0. The summed E-state index contributed by atoms with van der Waals surface area (Å²) in [5, 5.41) is 4.12. The zero-order chi connectivity index (χ0) is 17.5. The van der Waals surface area contributed by atoms with E-state index in [-0.39, 0.29) is 5.91 Å². The van der Waals surface area contributed by atoms with E-state index in [1.54, 1.807) is 7.11 Å². The molecule has 0 N–H and O–H groups in total. The third-order valence-corrected chi connectivity index (χ3v) is 3.70. The zero-order valence-electron chi connectivity index (χ0n) is 14.9. The summed E-state index contributed by atoms with van der Waals surface area (Å²) in [5.74, 6) is 1.96. The second-order valence-electron chi connectivity index (χ2n) is 6.33. The van der Waals surface area contributed by atoms with Crippen molar-refractivity contribution in [2.75, 3.05) is 13.7 Å². The van der Waals surface area contributed by atoms with Crippen molar-refractivity contribution in [3.05, 3.63) is 36.0 Å². The monoisotopic (exact) mass is 330 g/mol. The van der Waals surface area contributed by atoms with Gasteiger partial charge >= 0.3 is 0 Å². The lowest BCUT2D eigenvalue weighted by Gasteiger charge is -2.21. The van der Waals surface area contributed by atoms with E-state index in [0.29, 0.717) is 24.6 Å². The molecule has 1 aromatic heterocycles. The molecule has 0 unspecified atom stereocenters. The number of hydrogen-bond acceptors (Lipinski definition) is 4. The molecule has 5 heteroatoms. The van der Waals surface area contributed by atoms with Crippen LogP contribution in [-0.4, -0.2) is 29.6 Å². The topological polar surface area (TPSA) is 55.6 Å². The second-order valence-corrected chi connectivity index (χ2v) is 6.33. The highest BCUT2D eigenvalue weighted by molar-refractivity contribution is 5.76. The van der Waals surface area contributed by atoms with Crippen molar-refractivity contribution in [3.8, 4) is 17.1 Å². The molecule has 0 saturated heterocycles. The van der Waals surface area contributed by atoms with E-state index in [2.05, 4.69) is 25.9 Å². The van der Waals surface area contributed by atoms with Crippen LogP contribution in [0.25, 0.3) is 11.3 Å². The molecular weight excluding hydrogens is 304 g/mol. The number of carbonyl (C=O) groups is 1. The largest absolute Gasteiger partial charge is 0.497 e. The van der Waals surface area contributed by atoms with Gasteiger partial charge in [0.1, 0.15) is 11.4 Å². The lowest BCUT2D eigenvalue weighted by molar-refractivity contribution is -0.132. The Balaban J connectivity index is 2.11. The van der Waals surface area contributed by atoms with Gasteiger partial charge in [0.15, 0.2) is 5.76 Å². The molecule has 130 valence electrons. The zero-order valence-corrected chi connectivity index (χ0v) is 14.9. The Kier molecular flexibility index (Phi) is 6.41. The number of nitrogens with zero attached hydrogens (tertiary/aromatic N) is 2. The highest BCUT2D eigenvalue weighted by Crippen LogP contribution is 2.25. The fourth-order valence-electron chi connectivity index (χ4n) is 2.53. The molecule has 0 aliphatic rings. The van der Waals surface area contributed by atoms with E-state index in [4.69, 9.17) is 9.26 Å². The maximum Gasteiger partial charge on any atom is 0.223 e. The minimum absolute atomic E-state index is 0.165. The van der Waals surface area contributed by atoms with Gasteiger partial charge in [-0.25, -0.2) is 0 Å². The summed E-state index contributed by atoms with van der Waals surface area (Å²) in [7, 11) is 1.63. The smallest absolute Gasteiger partial charge is 0.223 e. The van der Waals surface area contributed by atoms with Crippen LogP contribution in [0.3, 0.4) is 0 Å². The summed E-state index contributed by atoms with van der Waals surface area (Å²) in [5.41, 5.74) is 1.67. The first-order valence-corrected chi connectivity index (χ1v) is 8.41. The minimum atomic E-state index is 0.165. The molecule has 0 bridgehead atoms. The molecule has 1 heterocycles. The van der Waals surface area contributed by atoms with Crippen molar-refractivity contribution in [3.63, 3.8) is 0 Å². The molecular formula is C19H26N2O3. The standard InChI is InChI=1S/C19H26N2O3/c1-5-9-21(19(22)10-14(2)3)13-16-12-18(24-20-16)15-7-6-8-17(11-15)23-4/h6-8,11-12,14H,5,9-10,13H2,1-4H3. The number of amides is 1.